The van der Waals surface area contributed by atoms with Gasteiger partial charge in [0.15, 0.2) is 0 Å². The van der Waals surface area contributed by atoms with E-state index in [2.05, 4.69) is 37.9 Å². The first kappa shape index (κ1) is 16.5. The van der Waals surface area contributed by atoms with Crippen LogP contribution in [0, 0.1) is 5.41 Å². The summed E-state index contributed by atoms with van der Waals surface area (Å²) in [5, 5.41) is 0.801. The van der Waals surface area contributed by atoms with Crippen molar-refractivity contribution in [1.82, 2.24) is 4.90 Å². The lowest BCUT2D eigenvalue weighted by Gasteiger charge is -2.23. The van der Waals surface area contributed by atoms with Gasteiger partial charge in [-0.3, -0.25) is 0 Å². The molecule has 0 unspecified atom stereocenters. The number of nitrogens with zero attached hydrogens (tertiary/aromatic N) is 1. The van der Waals surface area contributed by atoms with Crippen molar-refractivity contribution in [1.29, 1.82) is 0 Å². The van der Waals surface area contributed by atoms with Gasteiger partial charge in [0, 0.05) is 11.6 Å². The lowest BCUT2D eigenvalue weighted by Crippen LogP contribution is -2.24. The van der Waals surface area contributed by atoms with Gasteiger partial charge in [0.1, 0.15) is 0 Å². The minimum Gasteiger partial charge on any atom is -0.330 e. The van der Waals surface area contributed by atoms with Crippen LogP contribution in [0.25, 0.3) is 0 Å². The number of unbranched alkanes of at least 4 members (excludes halogenated alkanes) is 1. The van der Waals surface area contributed by atoms with Crippen LogP contribution in [0.1, 0.15) is 38.7 Å². The standard InChI is InChI=1S/C16H27ClN2/c1-16(2,13-18)10-4-5-11-19(3)12-14-6-8-15(17)9-7-14/h6-9H,4-5,10-13,18H2,1-3H3. The maximum atomic E-state index is 5.88. The predicted molar refractivity (Wildman–Crippen MR) is 84.5 cm³/mol. The van der Waals surface area contributed by atoms with Crippen LogP contribution in [0.2, 0.25) is 5.02 Å². The summed E-state index contributed by atoms with van der Waals surface area (Å²) < 4.78 is 0. The average molecular weight is 283 g/mol. The molecule has 108 valence electrons. The third kappa shape index (κ3) is 6.95. The third-order valence-electron chi connectivity index (χ3n) is 3.56. The fraction of sp³-hybridized carbons (Fsp3) is 0.625. The molecule has 0 aliphatic heterocycles. The van der Waals surface area contributed by atoms with Crippen molar-refractivity contribution in [3.05, 3.63) is 34.9 Å². The molecule has 1 aromatic rings. The Bertz CT molecular complexity index is 360. The summed E-state index contributed by atoms with van der Waals surface area (Å²) >= 11 is 5.88. The topological polar surface area (TPSA) is 29.3 Å². The van der Waals surface area contributed by atoms with Crippen molar-refractivity contribution < 1.29 is 0 Å². The van der Waals surface area contributed by atoms with E-state index >= 15 is 0 Å². The lowest BCUT2D eigenvalue weighted by molar-refractivity contribution is 0.289. The summed E-state index contributed by atoms with van der Waals surface area (Å²) in [5.74, 6) is 0. The van der Waals surface area contributed by atoms with Crippen LogP contribution >= 0.6 is 11.6 Å². The van der Waals surface area contributed by atoms with Gasteiger partial charge < -0.3 is 10.6 Å². The highest BCUT2D eigenvalue weighted by molar-refractivity contribution is 6.30. The summed E-state index contributed by atoms with van der Waals surface area (Å²) in [6.45, 7) is 7.36. The Kier molecular flexibility index (Phi) is 6.84. The van der Waals surface area contributed by atoms with E-state index in [0.29, 0.717) is 0 Å². The number of rotatable bonds is 8. The fourth-order valence-corrected chi connectivity index (χ4v) is 2.19. The van der Waals surface area contributed by atoms with Crippen LogP contribution in [-0.2, 0) is 6.54 Å². The zero-order valence-corrected chi connectivity index (χ0v) is 13.2. The molecule has 1 aromatic carbocycles. The van der Waals surface area contributed by atoms with Gasteiger partial charge in [0.25, 0.3) is 0 Å². The molecule has 2 N–H and O–H groups in total. The summed E-state index contributed by atoms with van der Waals surface area (Å²) in [5.41, 5.74) is 7.34. The highest BCUT2D eigenvalue weighted by Crippen LogP contribution is 2.21. The minimum absolute atomic E-state index is 0.286. The van der Waals surface area contributed by atoms with Crippen molar-refractivity contribution in [2.75, 3.05) is 20.1 Å². The monoisotopic (exact) mass is 282 g/mol. The van der Waals surface area contributed by atoms with Gasteiger partial charge in [-0.2, -0.15) is 0 Å². The van der Waals surface area contributed by atoms with Crippen LogP contribution < -0.4 is 5.73 Å². The van der Waals surface area contributed by atoms with Gasteiger partial charge in [-0.15, -0.1) is 0 Å². The molecule has 1 rings (SSSR count). The molecular weight excluding hydrogens is 256 g/mol. The Morgan fingerprint density at radius 1 is 1.16 bits per heavy atom. The molecule has 0 aliphatic rings. The van der Waals surface area contributed by atoms with E-state index in [1.54, 1.807) is 0 Å². The third-order valence-corrected chi connectivity index (χ3v) is 3.81. The number of halogens is 1. The van der Waals surface area contributed by atoms with Crippen LogP contribution in [0.4, 0.5) is 0 Å². The second-order valence-corrected chi connectivity index (χ2v) is 6.63. The maximum absolute atomic E-state index is 5.88. The number of hydrogen-bond acceptors (Lipinski definition) is 2. The van der Waals surface area contributed by atoms with Crippen LogP contribution in [-0.4, -0.2) is 25.0 Å². The smallest absolute Gasteiger partial charge is 0.0406 e. The molecule has 0 aromatic heterocycles. The second kappa shape index (κ2) is 7.88. The van der Waals surface area contributed by atoms with E-state index in [4.69, 9.17) is 17.3 Å². The molecule has 2 nitrogen and oxygen atoms in total. The molecule has 0 atom stereocenters. The van der Waals surface area contributed by atoms with Gasteiger partial charge in [-0.25, -0.2) is 0 Å². The molecule has 0 fully saturated rings. The first-order chi connectivity index (χ1) is 8.93. The van der Waals surface area contributed by atoms with Crippen LogP contribution in [0.15, 0.2) is 24.3 Å². The Balaban J connectivity index is 2.21. The molecule has 0 saturated carbocycles. The SMILES string of the molecule is CN(CCCCC(C)(C)CN)Cc1ccc(Cl)cc1. The van der Waals surface area contributed by atoms with Gasteiger partial charge in [0.2, 0.25) is 0 Å². The van der Waals surface area contributed by atoms with E-state index < -0.39 is 0 Å². The van der Waals surface area contributed by atoms with Crippen molar-refractivity contribution in [2.45, 2.75) is 39.7 Å². The minimum atomic E-state index is 0.286. The molecule has 0 bridgehead atoms. The summed E-state index contributed by atoms with van der Waals surface area (Å²) in [6.07, 6.45) is 3.68. The molecule has 0 saturated heterocycles. The quantitative estimate of drug-likeness (QED) is 0.732. The molecule has 0 heterocycles. The van der Waals surface area contributed by atoms with Gasteiger partial charge >= 0.3 is 0 Å². The molecule has 3 heteroatoms. The molecular formula is C16H27ClN2. The van der Waals surface area contributed by atoms with Crippen molar-refractivity contribution in [2.24, 2.45) is 11.1 Å². The summed E-state index contributed by atoms with van der Waals surface area (Å²) in [4.78, 5) is 2.36. The Morgan fingerprint density at radius 2 is 1.79 bits per heavy atom. The van der Waals surface area contributed by atoms with E-state index in [9.17, 15) is 0 Å². The zero-order chi connectivity index (χ0) is 14.3. The number of nitrogens with two attached hydrogens (primary N) is 1. The normalized spacial score (nSPS) is 12.1. The second-order valence-electron chi connectivity index (χ2n) is 6.19. The van der Waals surface area contributed by atoms with Crippen LogP contribution in [0.3, 0.4) is 0 Å². The fourth-order valence-electron chi connectivity index (χ4n) is 2.07. The summed E-state index contributed by atoms with van der Waals surface area (Å²) in [6, 6.07) is 8.09. The first-order valence-corrected chi connectivity index (χ1v) is 7.44. The van der Waals surface area contributed by atoms with Crippen LogP contribution in [0.5, 0.6) is 0 Å². The van der Waals surface area contributed by atoms with Gasteiger partial charge in [-0.1, -0.05) is 44.0 Å². The van der Waals surface area contributed by atoms with E-state index in [1.165, 1.54) is 24.8 Å². The molecule has 0 aliphatic carbocycles. The molecule has 0 spiro atoms. The van der Waals surface area contributed by atoms with Gasteiger partial charge in [0.05, 0.1) is 0 Å². The Morgan fingerprint density at radius 3 is 2.37 bits per heavy atom. The summed E-state index contributed by atoms with van der Waals surface area (Å²) in [7, 11) is 2.17. The predicted octanol–water partition coefficient (Wildman–Crippen LogP) is 3.93. The van der Waals surface area contributed by atoms with Gasteiger partial charge in [-0.05, 0) is 56.1 Å². The highest BCUT2D eigenvalue weighted by atomic mass is 35.5. The largest absolute Gasteiger partial charge is 0.330 e. The maximum Gasteiger partial charge on any atom is 0.0406 e. The zero-order valence-electron chi connectivity index (χ0n) is 12.5. The van der Waals surface area contributed by atoms with Crippen molar-refractivity contribution in [3.63, 3.8) is 0 Å². The first-order valence-electron chi connectivity index (χ1n) is 7.06. The number of benzene rings is 1. The molecule has 19 heavy (non-hydrogen) atoms. The van der Waals surface area contributed by atoms with E-state index in [0.717, 1.165) is 24.7 Å². The van der Waals surface area contributed by atoms with Crippen molar-refractivity contribution >= 4 is 11.6 Å². The van der Waals surface area contributed by atoms with E-state index in [1.807, 2.05) is 12.1 Å². The molecule has 0 amide bonds. The Labute approximate surface area is 122 Å². The Hall–Kier alpha value is -0.570. The number of hydrogen-bond donors (Lipinski definition) is 1. The highest BCUT2D eigenvalue weighted by Gasteiger charge is 2.14. The van der Waals surface area contributed by atoms with Crippen molar-refractivity contribution in [3.8, 4) is 0 Å². The molecule has 0 radical (unpaired) electrons. The van der Waals surface area contributed by atoms with E-state index in [-0.39, 0.29) is 5.41 Å². The average Bonchev–Trinajstić information content (AvgIpc) is 2.38. The lowest BCUT2D eigenvalue weighted by atomic mass is 9.87.